The van der Waals surface area contributed by atoms with Crippen molar-refractivity contribution in [3.63, 3.8) is 0 Å². The summed E-state index contributed by atoms with van der Waals surface area (Å²) in [6.07, 6.45) is -2.34. The number of rotatable bonds is 6. The molecular weight excluding hydrogens is 546 g/mol. The van der Waals surface area contributed by atoms with Gasteiger partial charge in [0.1, 0.15) is 24.1 Å². The standard InChI is InChI=1S/C31H51NO10/c1-9-23-18(4)29-31(6,42-29)12-10-21(34)16(2)14-20(11-13-33)28(17(3)22(35)15-24(36)40-23)41-30-27(38)25(32(7)8)26(37)19(5)39-30/h10,12-13,16-20,22-23,25-30,35,37-38H,9,11,14-15H2,1-8H3/b12-10+/t16-,17-,18+,19+,20+,22-,23+,25-,26-,27-,28-,29-,30-,31+/m1/s1. The molecule has 2 saturated heterocycles. The fraction of sp³-hybridized carbons (Fsp3) is 0.839. The van der Waals surface area contributed by atoms with Crippen LogP contribution in [0.5, 0.6) is 0 Å². The number of aliphatic hydroxyl groups excluding tert-OH is 3. The van der Waals surface area contributed by atoms with Crippen LogP contribution < -0.4 is 0 Å². The van der Waals surface area contributed by atoms with Gasteiger partial charge in [0.05, 0.1) is 43.0 Å². The molecule has 3 N–H and O–H groups in total. The molecule has 0 aromatic carbocycles. The number of aliphatic hydroxyl groups is 3. The van der Waals surface area contributed by atoms with Crippen molar-refractivity contribution >= 4 is 18.0 Å². The normalized spacial score (nSPS) is 46.5. The van der Waals surface area contributed by atoms with Crippen LogP contribution in [0.3, 0.4) is 0 Å². The molecule has 3 rings (SSSR count). The first-order chi connectivity index (χ1) is 19.6. The first-order valence-corrected chi connectivity index (χ1v) is 15.2. The fourth-order valence-electron chi connectivity index (χ4n) is 6.58. The van der Waals surface area contributed by atoms with Crippen LogP contribution in [0.4, 0.5) is 0 Å². The highest BCUT2D eigenvalue weighted by Crippen LogP contribution is 2.45. The Labute approximate surface area is 249 Å². The molecular formula is C31H51NO10. The number of epoxide rings is 1. The molecule has 240 valence electrons. The van der Waals surface area contributed by atoms with Gasteiger partial charge in [0.25, 0.3) is 0 Å². The topological polar surface area (TPSA) is 155 Å². The third-order valence-electron chi connectivity index (χ3n) is 9.42. The van der Waals surface area contributed by atoms with Gasteiger partial charge in [0.2, 0.25) is 0 Å². The maximum absolute atomic E-state index is 13.2. The largest absolute Gasteiger partial charge is 0.462 e. The maximum Gasteiger partial charge on any atom is 0.308 e. The molecule has 3 aliphatic rings. The van der Waals surface area contributed by atoms with Crippen molar-refractivity contribution in [3.05, 3.63) is 12.2 Å². The van der Waals surface area contributed by atoms with Gasteiger partial charge in [0, 0.05) is 24.2 Å². The van der Waals surface area contributed by atoms with Gasteiger partial charge in [-0.2, -0.15) is 0 Å². The van der Waals surface area contributed by atoms with E-state index in [0.717, 1.165) is 6.29 Å². The predicted octanol–water partition coefficient (Wildman–Crippen LogP) is 1.64. The summed E-state index contributed by atoms with van der Waals surface area (Å²) in [6.45, 7) is 10.9. The number of ether oxygens (including phenoxy) is 4. The summed E-state index contributed by atoms with van der Waals surface area (Å²) in [6, 6.07) is -0.696. The van der Waals surface area contributed by atoms with Crippen LogP contribution in [-0.2, 0) is 33.3 Å². The summed E-state index contributed by atoms with van der Waals surface area (Å²) in [7, 11) is 3.46. The minimum absolute atomic E-state index is 0.0178. The van der Waals surface area contributed by atoms with Crippen molar-refractivity contribution in [2.75, 3.05) is 14.1 Å². The predicted molar refractivity (Wildman–Crippen MR) is 153 cm³/mol. The van der Waals surface area contributed by atoms with E-state index in [0.29, 0.717) is 6.42 Å². The van der Waals surface area contributed by atoms with Crippen LogP contribution in [0.1, 0.15) is 67.2 Å². The molecule has 0 aliphatic carbocycles. The van der Waals surface area contributed by atoms with Crippen molar-refractivity contribution in [1.82, 2.24) is 4.90 Å². The summed E-state index contributed by atoms with van der Waals surface area (Å²) in [5, 5.41) is 33.1. The number of allylic oxidation sites excluding steroid dienone is 1. The third-order valence-corrected chi connectivity index (χ3v) is 9.42. The Kier molecular flexibility index (Phi) is 11.9. The zero-order chi connectivity index (χ0) is 31.5. The Morgan fingerprint density at radius 2 is 1.76 bits per heavy atom. The molecule has 0 saturated carbocycles. The van der Waals surface area contributed by atoms with Gasteiger partial charge < -0.3 is 44.0 Å². The summed E-state index contributed by atoms with van der Waals surface area (Å²) >= 11 is 0. The van der Waals surface area contributed by atoms with E-state index in [2.05, 4.69) is 0 Å². The van der Waals surface area contributed by atoms with Crippen molar-refractivity contribution in [2.45, 2.75) is 128 Å². The highest BCUT2D eigenvalue weighted by atomic mass is 16.7. The number of nitrogens with zero attached hydrogens (tertiary/aromatic N) is 1. The van der Waals surface area contributed by atoms with Crippen molar-refractivity contribution in [1.29, 1.82) is 0 Å². The van der Waals surface area contributed by atoms with Crippen molar-refractivity contribution in [2.24, 2.45) is 23.7 Å². The smallest absolute Gasteiger partial charge is 0.308 e. The van der Waals surface area contributed by atoms with Gasteiger partial charge >= 0.3 is 5.97 Å². The van der Waals surface area contributed by atoms with E-state index in [1.807, 2.05) is 20.8 Å². The molecule has 0 radical (unpaired) electrons. The minimum atomic E-state index is -1.25. The SMILES string of the molecule is CC[C@@H]1OC(=O)C[C@@H](O)[C@@H](C)[C@@H](O[C@H]2O[C@@H](C)[C@@H](O)[C@@H](N(C)C)[C@H]2O)[C@@H](CC=O)C[C@@H](C)C(=O)/C=C/[C@]2(C)O[C@@H]2[C@H]1C. The molecule has 3 heterocycles. The van der Waals surface area contributed by atoms with E-state index in [-0.39, 0.29) is 37.1 Å². The van der Waals surface area contributed by atoms with E-state index in [9.17, 15) is 29.7 Å². The van der Waals surface area contributed by atoms with Gasteiger partial charge in [-0.3, -0.25) is 9.59 Å². The second-order valence-electron chi connectivity index (χ2n) is 12.9. The van der Waals surface area contributed by atoms with Crippen LogP contribution in [0.15, 0.2) is 12.2 Å². The Hall–Kier alpha value is -1.73. The average Bonchev–Trinajstić information content (AvgIpc) is 3.61. The summed E-state index contributed by atoms with van der Waals surface area (Å²) < 4.78 is 24.0. The lowest BCUT2D eigenvalue weighted by Gasteiger charge is -2.46. The molecule has 0 aromatic rings. The third kappa shape index (κ3) is 7.85. The molecule has 0 unspecified atom stereocenters. The van der Waals surface area contributed by atoms with Crippen molar-refractivity contribution in [3.8, 4) is 0 Å². The number of hydrogen-bond donors (Lipinski definition) is 3. The van der Waals surface area contributed by atoms with Gasteiger partial charge in [-0.25, -0.2) is 0 Å². The van der Waals surface area contributed by atoms with Crippen LogP contribution >= 0.6 is 0 Å². The van der Waals surface area contributed by atoms with Crippen LogP contribution in [0.2, 0.25) is 0 Å². The second kappa shape index (κ2) is 14.4. The second-order valence-corrected chi connectivity index (χ2v) is 12.9. The molecule has 0 aromatic heterocycles. The first-order valence-electron chi connectivity index (χ1n) is 15.2. The summed E-state index contributed by atoms with van der Waals surface area (Å²) in [5.41, 5.74) is -0.660. The van der Waals surface area contributed by atoms with Crippen LogP contribution in [0, 0.1) is 23.7 Å². The monoisotopic (exact) mass is 597 g/mol. The zero-order valence-corrected chi connectivity index (χ0v) is 26.2. The quantitative estimate of drug-likeness (QED) is 0.232. The number of cyclic esters (lactones) is 1. The van der Waals surface area contributed by atoms with Gasteiger partial charge in [0.15, 0.2) is 12.1 Å². The average molecular weight is 598 g/mol. The van der Waals surface area contributed by atoms with Crippen LogP contribution in [0.25, 0.3) is 0 Å². The lowest BCUT2D eigenvalue weighted by atomic mass is 9.79. The first kappa shape index (κ1) is 34.8. The number of aldehydes is 1. The Morgan fingerprint density at radius 3 is 2.36 bits per heavy atom. The van der Waals surface area contributed by atoms with E-state index >= 15 is 0 Å². The fourth-order valence-corrected chi connectivity index (χ4v) is 6.58. The number of carbonyl (C=O) groups is 3. The highest BCUT2D eigenvalue weighted by molar-refractivity contribution is 5.91. The molecule has 0 spiro atoms. The lowest BCUT2D eigenvalue weighted by Crippen LogP contribution is -2.63. The molecule has 42 heavy (non-hydrogen) atoms. The zero-order valence-electron chi connectivity index (χ0n) is 26.2. The van der Waals surface area contributed by atoms with Gasteiger partial charge in [-0.15, -0.1) is 0 Å². The Bertz CT molecular complexity index is 973. The highest BCUT2D eigenvalue weighted by Gasteiger charge is 2.55. The summed E-state index contributed by atoms with van der Waals surface area (Å²) in [4.78, 5) is 39.8. The number of esters is 1. The van der Waals surface area contributed by atoms with E-state index in [1.54, 1.807) is 45.8 Å². The minimum Gasteiger partial charge on any atom is -0.462 e. The lowest BCUT2D eigenvalue weighted by molar-refractivity contribution is -0.304. The molecule has 11 nitrogen and oxygen atoms in total. The molecule has 0 bridgehead atoms. The van der Waals surface area contributed by atoms with Crippen LogP contribution in [-0.4, -0.2) is 113 Å². The Morgan fingerprint density at radius 1 is 1.10 bits per heavy atom. The Balaban J connectivity index is 1.97. The molecule has 3 aliphatic heterocycles. The van der Waals surface area contributed by atoms with Gasteiger partial charge in [-0.05, 0) is 58.9 Å². The van der Waals surface area contributed by atoms with E-state index < -0.39 is 78.3 Å². The van der Waals surface area contributed by atoms with E-state index in [4.69, 9.17) is 18.9 Å². The van der Waals surface area contributed by atoms with Crippen molar-refractivity contribution < 1.29 is 48.7 Å². The molecule has 2 fully saturated rings. The molecule has 14 atom stereocenters. The number of fused-ring (bicyclic) bond motifs is 1. The van der Waals surface area contributed by atoms with E-state index in [1.165, 1.54) is 6.08 Å². The molecule has 11 heteroatoms. The maximum atomic E-state index is 13.2. The summed E-state index contributed by atoms with van der Waals surface area (Å²) in [5.74, 6) is -2.59. The number of likely N-dealkylation sites (N-methyl/N-ethyl adjacent to an activating group) is 1. The number of hydrogen-bond acceptors (Lipinski definition) is 11. The number of carbonyl (C=O) groups excluding carboxylic acids is 3. The van der Waals surface area contributed by atoms with Gasteiger partial charge in [-0.1, -0.05) is 27.7 Å². The number of ketones is 1. The molecule has 0 amide bonds.